The number of hydrogen-bond donors (Lipinski definition) is 0. The zero-order valence-electron chi connectivity index (χ0n) is 13.7. The Morgan fingerprint density at radius 2 is 1.73 bits per heavy atom. The fraction of sp³-hybridized carbons (Fsp3) is 0.556. The van der Waals surface area contributed by atoms with Gasteiger partial charge in [0.05, 0.1) is 6.61 Å². The Hall–Kier alpha value is -1.84. The molecule has 0 fully saturated rings. The minimum atomic E-state index is -0.257. The van der Waals surface area contributed by atoms with Crippen LogP contribution in [-0.2, 0) is 25.5 Å². The number of ether oxygens (including phenoxy) is 2. The third-order valence-corrected chi connectivity index (χ3v) is 3.51. The average molecular weight is 306 g/mol. The minimum absolute atomic E-state index is 0.0926. The summed E-state index contributed by atoms with van der Waals surface area (Å²) in [6.45, 7) is 5.36. The lowest BCUT2D eigenvalue weighted by Crippen LogP contribution is -2.21. The highest BCUT2D eigenvalue weighted by molar-refractivity contribution is 5.66. The molecule has 0 saturated heterocycles. The average Bonchev–Trinajstić information content (AvgIpc) is 2.45. The van der Waals surface area contributed by atoms with Crippen molar-refractivity contribution < 1.29 is 19.1 Å². The number of hydrogen-bond acceptors (Lipinski definition) is 4. The monoisotopic (exact) mass is 306 g/mol. The highest BCUT2D eigenvalue weighted by Crippen LogP contribution is 2.18. The van der Waals surface area contributed by atoms with Crippen molar-refractivity contribution in [2.75, 3.05) is 6.61 Å². The van der Waals surface area contributed by atoms with E-state index in [0.29, 0.717) is 12.5 Å². The molecule has 22 heavy (non-hydrogen) atoms. The van der Waals surface area contributed by atoms with Crippen LogP contribution < -0.4 is 0 Å². The summed E-state index contributed by atoms with van der Waals surface area (Å²) in [5.74, 6) is -0.169. The summed E-state index contributed by atoms with van der Waals surface area (Å²) >= 11 is 0. The second-order valence-corrected chi connectivity index (χ2v) is 5.73. The molecule has 2 atom stereocenters. The number of esters is 2. The Bertz CT molecular complexity index is 455. The molecule has 0 aliphatic heterocycles. The summed E-state index contributed by atoms with van der Waals surface area (Å²) in [6, 6.07) is 10.2. The molecule has 122 valence electrons. The lowest BCUT2D eigenvalue weighted by molar-refractivity contribution is -0.147. The number of benzene rings is 1. The molecule has 0 unspecified atom stereocenters. The molecule has 0 N–H and O–H groups in total. The number of carbonyl (C=O) groups is 2. The van der Waals surface area contributed by atoms with E-state index in [4.69, 9.17) is 9.47 Å². The van der Waals surface area contributed by atoms with Crippen molar-refractivity contribution in [3.63, 3.8) is 0 Å². The molecule has 0 amide bonds. The Labute approximate surface area is 132 Å². The van der Waals surface area contributed by atoms with Crippen molar-refractivity contribution in [2.45, 2.75) is 52.6 Å². The summed E-state index contributed by atoms with van der Waals surface area (Å²) < 4.78 is 10.4. The van der Waals surface area contributed by atoms with Crippen LogP contribution in [0.3, 0.4) is 0 Å². The van der Waals surface area contributed by atoms with Gasteiger partial charge in [-0.1, -0.05) is 37.3 Å². The summed E-state index contributed by atoms with van der Waals surface area (Å²) in [6.07, 6.45) is 3.16. The molecule has 0 radical (unpaired) electrons. The lowest BCUT2D eigenvalue weighted by atomic mass is 9.96. The molecule has 0 aliphatic carbocycles. The summed E-state index contributed by atoms with van der Waals surface area (Å²) in [5, 5.41) is 0. The maximum Gasteiger partial charge on any atom is 0.302 e. The molecule has 1 aromatic carbocycles. The molecule has 1 rings (SSSR count). The predicted molar refractivity (Wildman–Crippen MR) is 85.3 cm³/mol. The first kappa shape index (κ1) is 18.2. The van der Waals surface area contributed by atoms with Crippen LogP contribution in [0.4, 0.5) is 0 Å². The zero-order chi connectivity index (χ0) is 16.4. The first-order valence-electron chi connectivity index (χ1n) is 7.82. The fourth-order valence-electron chi connectivity index (χ4n) is 2.40. The van der Waals surface area contributed by atoms with Gasteiger partial charge in [-0.15, -0.1) is 0 Å². The van der Waals surface area contributed by atoms with E-state index in [9.17, 15) is 9.59 Å². The zero-order valence-corrected chi connectivity index (χ0v) is 13.7. The largest absolute Gasteiger partial charge is 0.466 e. The van der Waals surface area contributed by atoms with Gasteiger partial charge in [0.1, 0.15) is 6.10 Å². The van der Waals surface area contributed by atoms with Crippen LogP contribution in [0.2, 0.25) is 0 Å². The first-order chi connectivity index (χ1) is 10.5. The van der Waals surface area contributed by atoms with Gasteiger partial charge in [0.15, 0.2) is 0 Å². The van der Waals surface area contributed by atoms with Crippen molar-refractivity contribution in [1.82, 2.24) is 0 Å². The van der Waals surface area contributed by atoms with Gasteiger partial charge >= 0.3 is 11.9 Å². The molecule has 1 aromatic rings. The van der Waals surface area contributed by atoms with Crippen molar-refractivity contribution in [3.05, 3.63) is 35.9 Å². The number of carbonyl (C=O) groups excluding carboxylic acids is 2. The molecular formula is C18H26O4. The van der Waals surface area contributed by atoms with E-state index in [2.05, 4.69) is 19.1 Å². The van der Waals surface area contributed by atoms with Crippen LogP contribution in [0, 0.1) is 5.92 Å². The molecule has 0 saturated carbocycles. The lowest BCUT2D eigenvalue weighted by Gasteiger charge is -2.21. The van der Waals surface area contributed by atoms with E-state index in [1.54, 1.807) is 0 Å². The summed E-state index contributed by atoms with van der Waals surface area (Å²) in [7, 11) is 0. The van der Waals surface area contributed by atoms with Crippen LogP contribution in [0.15, 0.2) is 30.3 Å². The Kier molecular flexibility index (Phi) is 8.26. The van der Waals surface area contributed by atoms with E-state index < -0.39 is 0 Å². The predicted octanol–water partition coefficient (Wildman–Crippen LogP) is 3.53. The Morgan fingerprint density at radius 3 is 2.32 bits per heavy atom. The summed E-state index contributed by atoms with van der Waals surface area (Å²) in [5.41, 5.74) is 1.24. The van der Waals surface area contributed by atoms with Gasteiger partial charge in [0.2, 0.25) is 0 Å². The van der Waals surface area contributed by atoms with Crippen LogP contribution >= 0.6 is 0 Å². The second-order valence-electron chi connectivity index (χ2n) is 5.73. The quantitative estimate of drug-likeness (QED) is 0.655. The van der Waals surface area contributed by atoms with Gasteiger partial charge in [-0.3, -0.25) is 9.59 Å². The van der Waals surface area contributed by atoms with Crippen molar-refractivity contribution >= 4 is 11.9 Å². The molecule has 0 spiro atoms. The SMILES string of the molecule is CC(=O)OCC[C@H](C)C[C@H](CCc1ccccc1)OC(C)=O. The summed E-state index contributed by atoms with van der Waals surface area (Å²) in [4.78, 5) is 22.0. The smallest absolute Gasteiger partial charge is 0.302 e. The normalized spacial score (nSPS) is 13.2. The van der Waals surface area contributed by atoms with E-state index in [0.717, 1.165) is 25.7 Å². The molecule has 4 nitrogen and oxygen atoms in total. The van der Waals surface area contributed by atoms with Gasteiger partial charge in [0, 0.05) is 13.8 Å². The third kappa shape index (κ3) is 8.45. The van der Waals surface area contributed by atoms with E-state index in [-0.39, 0.29) is 18.0 Å². The van der Waals surface area contributed by atoms with Gasteiger partial charge in [-0.05, 0) is 37.2 Å². The second kappa shape index (κ2) is 9.98. The molecule has 0 aliphatic rings. The van der Waals surface area contributed by atoms with Crippen LogP contribution in [0.1, 0.15) is 45.6 Å². The van der Waals surface area contributed by atoms with Gasteiger partial charge in [-0.2, -0.15) is 0 Å². The highest BCUT2D eigenvalue weighted by atomic mass is 16.5. The molecular weight excluding hydrogens is 280 g/mol. The maximum atomic E-state index is 11.3. The maximum absolute atomic E-state index is 11.3. The van der Waals surface area contributed by atoms with Gasteiger partial charge in [-0.25, -0.2) is 0 Å². The van der Waals surface area contributed by atoms with Crippen LogP contribution in [0.5, 0.6) is 0 Å². The molecule has 0 bridgehead atoms. The standard InChI is InChI=1S/C18H26O4/c1-14(11-12-21-15(2)19)13-18(22-16(3)20)10-9-17-7-5-4-6-8-17/h4-8,14,18H,9-13H2,1-3H3/t14-,18-/m0/s1. The fourth-order valence-corrected chi connectivity index (χ4v) is 2.40. The first-order valence-corrected chi connectivity index (χ1v) is 7.82. The van der Waals surface area contributed by atoms with Crippen molar-refractivity contribution in [3.8, 4) is 0 Å². The number of aryl methyl sites for hydroxylation is 1. The van der Waals surface area contributed by atoms with E-state index in [1.807, 2.05) is 18.2 Å². The molecule has 4 heteroatoms. The van der Waals surface area contributed by atoms with Gasteiger partial charge < -0.3 is 9.47 Å². The van der Waals surface area contributed by atoms with E-state index >= 15 is 0 Å². The van der Waals surface area contributed by atoms with Crippen LogP contribution in [0.25, 0.3) is 0 Å². The minimum Gasteiger partial charge on any atom is -0.466 e. The molecule has 0 aromatic heterocycles. The number of rotatable bonds is 9. The Balaban J connectivity index is 2.42. The van der Waals surface area contributed by atoms with Crippen molar-refractivity contribution in [1.29, 1.82) is 0 Å². The third-order valence-electron chi connectivity index (χ3n) is 3.51. The van der Waals surface area contributed by atoms with E-state index in [1.165, 1.54) is 19.4 Å². The Morgan fingerprint density at radius 1 is 1.05 bits per heavy atom. The molecule has 0 heterocycles. The highest BCUT2D eigenvalue weighted by Gasteiger charge is 2.16. The van der Waals surface area contributed by atoms with Crippen molar-refractivity contribution in [2.24, 2.45) is 5.92 Å². The van der Waals surface area contributed by atoms with Crippen LogP contribution in [-0.4, -0.2) is 24.6 Å². The van der Waals surface area contributed by atoms with Gasteiger partial charge in [0.25, 0.3) is 0 Å². The topological polar surface area (TPSA) is 52.6 Å².